The molecule has 1 amide bonds. The highest BCUT2D eigenvalue weighted by atomic mass is 16.5. The monoisotopic (exact) mass is 383 g/mol. The molecule has 0 unspecified atom stereocenters. The number of nitriles is 1. The van der Waals surface area contributed by atoms with Gasteiger partial charge in [-0.1, -0.05) is 12.1 Å². The number of carbonyl (C=O) groups excluding carboxylic acids is 1. The average Bonchev–Trinajstić information content (AvgIpc) is 2.73. The molecule has 0 radical (unpaired) electrons. The summed E-state index contributed by atoms with van der Waals surface area (Å²) in [4.78, 5) is 16.8. The SMILES string of the molecule is C=CCN(C)CCCCO[C@H]1CC[C@H](N(C)C(=O)c2cccc(C#N)c2)CC1. The summed E-state index contributed by atoms with van der Waals surface area (Å²) < 4.78 is 6.05. The van der Waals surface area contributed by atoms with Crippen molar-refractivity contribution in [2.24, 2.45) is 0 Å². The maximum absolute atomic E-state index is 12.7. The van der Waals surface area contributed by atoms with Crippen molar-refractivity contribution in [2.75, 3.05) is 33.8 Å². The molecule has 1 fully saturated rings. The Labute approximate surface area is 169 Å². The number of nitrogens with zero attached hydrogens (tertiary/aromatic N) is 3. The predicted molar refractivity (Wildman–Crippen MR) is 112 cm³/mol. The number of amides is 1. The van der Waals surface area contributed by atoms with Crippen LogP contribution in [0.15, 0.2) is 36.9 Å². The molecule has 0 aromatic heterocycles. The topological polar surface area (TPSA) is 56.6 Å². The minimum absolute atomic E-state index is 0.00916. The van der Waals surface area contributed by atoms with Gasteiger partial charge < -0.3 is 14.5 Å². The lowest BCUT2D eigenvalue weighted by Crippen LogP contribution is -2.40. The molecule has 0 spiro atoms. The molecule has 1 saturated carbocycles. The van der Waals surface area contributed by atoms with Crippen molar-refractivity contribution in [2.45, 2.75) is 50.7 Å². The van der Waals surface area contributed by atoms with Crippen LogP contribution >= 0.6 is 0 Å². The largest absolute Gasteiger partial charge is 0.378 e. The van der Waals surface area contributed by atoms with Gasteiger partial charge in [0, 0.05) is 31.8 Å². The van der Waals surface area contributed by atoms with E-state index in [0.29, 0.717) is 17.2 Å². The fraction of sp³-hybridized carbons (Fsp3) is 0.565. The third-order valence-electron chi connectivity index (χ3n) is 5.48. The summed E-state index contributed by atoms with van der Waals surface area (Å²) in [5, 5.41) is 9.02. The minimum atomic E-state index is -0.00916. The van der Waals surface area contributed by atoms with Crippen molar-refractivity contribution in [3.63, 3.8) is 0 Å². The number of unbranched alkanes of at least 4 members (excludes halogenated alkanes) is 1. The van der Waals surface area contributed by atoms with E-state index in [2.05, 4.69) is 24.6 Å². The molecule has 0 N–H and O–H groups in total. The van der Waals surface area contributed by atoms with Crippen molar-refractivity contribution in [1.29, 1.82) is 5.26 Å². The van der Waals surface area contributed by atoms with E-state index in [1.807, 2.05) is 18.0 Å². The highest BCUT2D eigenvalue weighted by molar-refractivity contribution is 5.94. The second-order valence-corrected chi connectivity index (χ2v) is 7.67. The smallest absolute Gasteiger partial charge is 0.253 e. The first-order valence-corrected chi connectivity index (χ1v) is 10.2. The Morgan fingerprint density at radius 2 is 2.04 bits per heavy atom. The number of hydrogen-bond acceptors (Lipinski definition) is 4. The van der Waals surface area contributed by atoms with E-state index in [0.717, 1.165) is 58.2 Å². The van der Waals surface area contributed by atoms with Crippen LogP contribution in [0.1, 0.15) is 54.4 Å². The highest BCUT2D eigenvalue weighted by Crippen LogP contribution is 2.25. The van der Waals surface area contributed by atoms with Crippen LogP contribution in [-0.2, 0) is 4.74 Å². The average molecular weight is 384 g/mol. The van der Waals surface area contributed by atoms with Crippen LogP contribution in [0.3, 0.4) is 0 Å². The molecule has 0 saturated heterocycles. The van der Waals surface area contributed by atoms with E-state index in [9.17, 15) is 4.79 Å². The van der Waals surface area contributed by atoms with Gasteiger partial charge in [-0.05, 0) is 70.3 Å². The molecule has 1 aromatic carbocycles. The van der Waals surface area contributed by atoms with Crippen LogP contribution < -0.4 is 0 Å². The van der Waals surface area contributed by atoms with Gasteiger partial charge in [-0.2, -0.15) is 5.26 Å². The van der Waals surface area contributed by atoms with Crippen molar-refractivity contribution >= 4 is 5.91 Å². The molecule has 1 aliphatic rings. The Hall–Kier alpha value is -2.16. The minimum Gasteiger partial charge on any atom is -0.378 e. The quantitative estimate of drug-likeness (QED) is 0.455. The highest BCUT2D eigenvalue weighted by Gasteiger charge is 2.27. The van der Waals surface area contributed by atoms with Crippen molar-refractivity contribution in [3.8, 4) is 6.07 Å². The Bertz CT molecular complexity index is 675. The standard InChI is InChI=1S/C23H33N3O2/c1-4-14-25(2)15-5-6-16-28-22-12-10-21(11-13-22)26(3)23(27)20-9-7-8-19(17-20)18-24/h4,7-9,17,21-22H,1,5-6,10-16H2,2-3H3/t21-,22-. The summed E-state index contributed by atoms with van der Waals surface area (Å²) in [5.74, 6) is -0.00916. The van der Waals surface area contributed by atoms with Gasteiger partial charge in [0.1, 0.15) is 0 Å². The molecule has 1 aromatic rings. The van der Waals surface area contributed by atoms with Gasteiger partial charge in [-0.25, -0.2) is 0 Å². The molecule has 0 aliphatic heterocycles. The number of carbonyl (C=O) groups is 1. The molecular formula is C23H33N3O2. The van der Waals surface area contributed by atoms with E-state index in [-0.39, 0.29) is 11.9 Å². The number of ether oxygens (including phenoxy) is 1. The lowest BCUT2D eigenvalue weighted by atomic mass is 9.91. The van der Waals surface area contributed by atoms with Crippen molar-refractivity contribution in [1.82, 2.24) is 9.80 Å². The predicted octanol–water partition coefficient (Wildman–Crippen LogP) is 3.86. The van der Waals surface area contributed by atoms with E-state index >= 15 is 0 Å². The van der Waals surface area contributed by atoms with Gasteiger partial charge >= 0.3 is 0 Å². The maximum atomic E-state index is 12.7. The first-order chi connectivity index (χ1) is 13.5. The first-order valence-electron chi connectivity index (χ1n) is 10.2. The van der Waals surface area contributed by atoms with Crippen molar-refractivity contribution < 1.29 is 9.53 Å². The molecule has 5 nitrogen and oxygen atoms in total. The summed E-state index contributed by atoms with van der Waals surface area (Å²) in [6.07, 6.45) is 8.38. The molecule has 1 aliphatic carbocycles. The van der Waals surface area contributed by atoms with E-state index in [4.69, 9.17) is 10.00 Å². The molecular weight excluding hydrogens is 350 g/mol. The summed E-state index contributed by atoms with van der Waals surface area (Å²) in [6.45, 7) is 6.57. The van der Waals surface area contributed by atoms with Crippen LogP contribution in [0.2, 0.25) is 0 Å². The normalized spacial score (nSPS) is 19.2. The van der Waals surface area contributed by atoms with Gasteiger partial charge in [0.05, 0.1) is 17.7 Å². The number of benzene rings is 1. The Morgan fingerprint density at radius 1 is 1.29 bits per heavy atom. The summed E-state index contributed by atoms with van der Waals surface area (Å²) >= 11 is 0. The third kappa shape index (κ3) is 6.78. The van der Waals surface area contributed by atoms with Gasteiger partial charge in [0.2, 0.25) is 0 Å². The second-order valence-electron chi connectivity index (χ2n) is 7.67. The summed E-state index contributed by atoms with van der Waals surface area (Å²) in [6, 6.07) is 9.26. The molecule has 2 rings (SSSR count). The van der Waals surface area contributed by atoms with Crippen LogP contribution in [0.5, 0.6) is 0 Å². The Kier molecular flexibility index (Phi) is 9.19. The van der Waals surface area contributed by atoms with Crippen LogP contribution in [-0.4, -0.2) is 61.6 Å². The summed E-state index contributed by atoms with van der Waals surface area (Å²) in [7, 11) is 3.98. The van der Waals surface area contributed by atoms with E-state index in [1.54, 1.807) is 24.3 Å². The molecule has 0 heterocycles. The molecule has 152 valence electrons. The fourth-order valence-electron chi connectivity index (χ4n) is 3.74. The van der Waals surface area contributed by atoms with Crippen LogP contribution in [0, 0.1) is 11.3 Å². The van der Waals surface area contributed by atoms with Crippen LogP contribution in [0.25, 0.3) is 0 Å². The number of rotatable bonds is 10. The van der Waals surface area contributed by atoms with E-state index < -0.39 is 0 Å². The lowest BCUT2D eigenvalue weighted by Gasteiger charge is -2.34. The number of hydrogen-bond donors (Lipinski definition) is 0. The van der Waals surface area contributed by atoms with Gasteiger partial charge in [-0.15, -0.1) is 6.58 Å². The molecule has 0 bridgehead atoms. The van der Waals surface area contributed by atoms with Gasteiger partial charge in [-0.3, -0.25) is 4.79 Å². The zero-order valence-electron chi connectivity index (χ0n) is 17.3. The van der Waals surface area contributed by atoms with Crippen molar-refractivity contribution in [3.05, 3.63) is 48.0 Å². The maximum Gasteiger partial charge on any atom is 0.253 e. The zero-order valence-corrected chi connectivity index (χ0v) is 17.3. The van der Waals surface area contributed by atoms with Crippen LogP contribution in [0.4, 0.5) is 0 Å². The fourth-order valence-corrected chi connectivity index (χ4v) is 3.74. The zero-order chi connectivity index (χ0) is 20.4. The summed E-state index contributed by atoms with van der Waals surface area (Å²) in [5.41, 5.74) is 1.10. The van der Waals surface area contributed by atoms with E-state index in [1.165, 1.54) is 0 Å². The van der Waals surface area contributed by atoms with Gasteiger partial charge in [0.15, 0.2) is 0 Å². The Balaban J connectivity index is 1.69. The van der Waals surface area contributed by atoms with Gasteiger partial charge in [0.25, 0.3) is 5.91 Å². The first kappa shape index (κ1) is 22.1. The Morgan fingerprint density at radius 3 is 2.71 bits per heavy atom. The molecule has 28 heavy (non-hydrogen) atoms. The molecule has 0 atom stereocenters. The molecule has 5 heteroatoms. The lowest BCUT2D eigenvalue weighted by molar-refractivity contribution is 0.00881. The second kappa shape index (κ2) is 11.6. The number of likely N-dealkylation sites (N-methyl/N-ethyl adjacent to an activating group) is 1. The third-order valence-corrected chi connectivity index (χ3v) is 5.48.